The van der Waals surface area contributed by atoms with Crippen molar-refractivity contribution in [2.45, 2.75) is 219 Å². The Kier molecular flexibility index (Phi) is 32.2. The van der Waals surface area contributed by atoms with E-state index in [2.05, 4.69) is 13.8 Å². The van der Waals surface area contributed by atoms with Crippen LogP contribution in [0.1, 0.15) is 240 Å². The number of aldehydes is 2. The molecule has 0 saturated heterocycles. The lowest BCUT2D eigenvalue weighted by Gasteiger charge is -2.13. The topological polar surface area (TPSA) is 52.6 Å². The van der Waals surface area contributed by atoms with E-state index in [0.29, 0.717) is 35.8 Å². The second-order valence-corrected chi connectivity index (χ2v) is 14.5. The van der Waals surface area contributed by atoms with Gasteiger partial charge in [0.1, 0.15) is 11.5 Å². The molecule has 1 aromatic carbocycles. The largest absolute Gasteiger partial charge is 0.493 e. The van der Waals surface area contributed by atoms with Gasteiger partial charge in [0.25, 0.3) is 0 Å². The minimum Gasteiger partial charge on any atom is -0.493 e. The van der Waals surface area contributed by atoms with E-state index < -0.39 is 0 Å². The number of hydrogen-bond acceptors (Lipinski definition) is 4. The number of rotatable bonds is 38. The van der Waals surface area contributed by atoms with Crippen LogP contribution in [-0.4, -0.2) is 25.8 Å². The highest BCUT2D eigenvalue weighted by Gasteiger charge is 2.12. The van der Waals surface area contributed by atoms with Crippen molar-refractivity contribution in [1.82, 2.24) is 0 Å². The third kappa shape index (κ3) is 26.1. The predicted molar refractivity (Wildman–Crippen MR) is 207 cm³/mol. The highest BCUT2D eigenvalue weighted by molar-refractivity contribution is 5.87. The van der Waals surface area contributed by atoms with E-state index in [1.165, 1.54) is 180 Å². The van der Waals surface area contributed by atoms with Crippen LogP contribution in [0.3, 0.4) is 0 Å². The Labute approximate surface area is 298 Å². The Morgan fingerprint density at radius 3 is 0.771 bits per heavy atom. The summed E-state index contributed by atoms with van der Waals surface area (Å²) >= 11 is 0. The lowest BCUT2D eigenvalue weighted by atomic mass is 10.0. The van der Waals surface area contributed by atoms with Crippen molar-refractivity contribution < 1.29 is 19.1 Å². The monoisotopic (exact) mass is 671 g/mol. The maximum atomic E-state index is 11.8. The van der Waals surface area contributed by atoms with E-state index >= 15 is 0 Å². The molecule has 0 N–H and O–H groups in total. The Bertz CT molecular complexity index is 781. The molecule has 4 nitrogen and oxygen atoms in total. The van der Waals surface area contributed by atoms with Gasteiger partial charge in [-0.1, -0.05) is 206 Å². The molecular formula is C44H78O4. The molecule has 278 valence electrons. The molecular weight excluding hydrogens is 592 g/mol. The van der Waals surface area contributed by atoms with Crippen LogP contribution < -0.4 is 9.47 Å². The normalized spacial score (nSPS) is 11.2. The first kappa shape index (κ1) is 44.2. The molecule has 0 saturated carbocycles. The third-order valence-electron chi connectivity index (χ3n) is 9.91. The zero-order valence-corrected chi connectivity index (χ0v) is 32.0. The van der Waals surface area contributed by atoms with E-state index in [1.54, 1.807) is 12.1 Å². The summed E-state index contributed by atoms with van der Waals surface area (Å²) in [5.74, 6) is 0.977. The zero-order chi connectivity index (χ0) is 34.6. The second-order valence-electron chi connectivity index (χ2n) is 14.5. The standard InChI is InChI=1S/C44H78O4/c1-3-5-7-9-11-13-15-17-19-21-23-25-27-29-31-33-35-47-43-37-42(40-46)44(38-41(43)39-45)48-36-34-32-30-28-26-24-22-20-18-16-14-12-10-8-6-4-2/h37-40H,3-36H2,1-2H3. The van der Waals surface area contributed by atoms with Crippen LogP contribution in [0.15, 0.2) is 12.1 Å². The van der Waals surface area contributed by atoms with Crippen LogP contribution in [0.2, 0.25) is 0 Å². The number of benzene rings is 1. The predicted octanol–water partition coefficient (Wildman–Crippen LogP) is 14.6. The summed E-state index contributed by atoms with van der Waals surface area (Å²) in [6.45, 7) is 5.70. The fraction of sp³-hybridized carbons (Fsp3) is 0.818. The number of carbonyl (C=O) groups excluding carboxylic acids is 2. The molecule has 0 atom stereocenters. The number of hydrogen-bond donors (Lipinski definition) is 0. The lowest BCUT2D eigenvalue weighted by molar-refractivity contribution is 0.110. The summed E-state index contributed by atoms with van der Waals surface area (Å²) < 4.78 is 11.9. The number of ether oxygens (including phenoxy) is 2. The van der Waals surface area contributed by atoms with E-state index in [9.17, 15) is 9.59 Å². The molecule has 0 aliphatic carbocycles. The highest BCUT2D eigenvalue weighted by Crippen LogP contribution is 2.28. The Balaban J connectivity index is 2.05. The van der Waals surface area contributed by atoms with Gasteiger partial charge in [-0.25, -0.2) is 0 Å². The molecule has 0 fully saturated rings. The van der Waals surface area contributed by atoms with Gasteiger partial charge in [-0.2, -0.15) is 0 Å². The Hall–Kier alpha value is -1.84. The molecule has 0 aromatic heterocycles. The first-order chi connectivity index (χ1) is 23.8. The van der Waals surface area contributed by atoms with Crippen molar-refractivity contribution >= 4 is 12.6 Å². The molecule has 0 radical (unpaired) electrons. The summed E-state index contributed by atoms with van der Waals surface area (Å²) in [7, 11) is 0. The van der Waals surface area contributed by atoms with Crippen LogP contribution >= 0.6 is 0 Å². The molecule has 0 spiro atoms. The van der Waals surface area contributed by atoms with Crippen LogP contribution in [0.25, 0.3) is 0 Å². The molecule has 0 aliphatic rings. The van der Waals surface area contributed by atoms with Crippen molar-refractivity contribution in [2.75, 3.05) is 13.2 Å². The van der Waals surface area contributed by atoms with E-state index in [4.69, 9.17) is 9.47 Å². The van der Waals surface area contributed by atoms with Crippen LogP contribution in [0.5, 0.6) is 11.5 Å². The van der Waals surface area contributed by atoms with Crippen molar-refractivity contribution in [3.8, 4) is 11.5 Å². The SMILES string of the molecule is CCCCCCCCCCCCCCCCCCOc1cc(C=O)c(OCCCCCCCCCCCCCCCCCC)cc1C=O. The van der Waals surface area contributed by atoms with Crippen molar-refractivity contribution in [3.63, 3.8) is 0 Å². The molecule has 0 bridgehead atoms. The van der Waals surface area contributed by atoms with Gasteiger partial charge in [-0.05, 0) is 25.0 Å². The Morgan fingerprint density at radius 1 is 0.354 bits per heavy atom. The van der Waals surface area contributed by atoms with E-state index in [0.717, 1.165) is 38.3 Å². The van der Waals surface area contributed by atoms with Crippen LogP contribution in [-0.2, 0) is 0 Å². The molecule has 0 heterocycles. The summed E-state index contributed by atoms with van der Waals surface area (Å²) in [6, 6.07) is 3.35. The molecule has 48 heavy (non-hydrogen) atoms. The van der Waals surface area contributed by atoms with E-state index in [1.807, 2.05) is 0 Å². The summed E-state index contributed by atoms with van der Waals surface area (Å²) in [6.07, 6.45) is 44.3. The van der Waals surface area contributed by atoms with Crippen molar-refractivity contribution in [1.29, 1.82) is 0 Å². The molecule has 0 amide bonds. The highest BCUT2D eigenvalue weighted by atomic mass is 16.5. The van der Waals surface area contributed by atoms with Gasteiger partial charge in [0.2, 0.25) is 0 Å². The first-order valence-electron chi connectivity index (χ1n) is 21.1. The fourth-order valence-electron chi connectivity index (χ4n) is 6.69. The molecule has 1 rings (SSSR count). The Morgan fingerprint density at radius 2 is 0.562 bits per heavy atom. The minimum absolute atomic E-state index is 0.457. The summed E-state index contributed by atoms with van der Waals surface area (Å²) in [4.78, 5) is 23.5. The smallest absolute Gasteiger partial charge is 0.153 e. The van der Waals surface area contributed by atoms with Gasteiger partial charge in [0.05, 0.1) is 24.3 Å². The van der Waals surface area contributed by atoms with Crippen molar-refractivity contribution in [3.05, 3.63) is 23.3 Å². The molecule has 0 unspecified atom stereocenters. The van der Waals surface area contributed by atoms with E-state index in [-0.39, 0.29) is 0 Å². The molecule has 0 aliphatic heterocycles. The third-order valence-corrected chi connectivity index (χ3v) is 9.91. The number of unbranched alkanes of at least 4 members (excludes halogenated alkanes) is 30. The molecule has 1 aromatic rings. The first-order valence-corrected chi connectivity index (χ1v) is 21.1. The lowest BCUT2D eigenvalue weighted by Crippen LogP contribution is -2.04. The second kappa shape index (κ2) is 35.0. The van der Waals surface area contributed by atoms with Gasteiger partial charge < -0.3 is 9.47 Å². The minimum atomic E-state index is 0.457. The van der Waals surface area contributed by atoms with Gasteiger partial charge in [-0.15, -0.1) is 0 Å². The average Bonchev–Trinajstić information content (AvgIpc) is 3.10. The summed E-state index contributed by atoms with van der Waals surface area (Å²) in [5.41, 5.74) is 0.915. The van der Waals surface area contributed by atoms with Crippen molar-refractivity contribution in [2.24, 2.45) is 0 Å². The van der Waals surface area contributed by atoms with Crippen LogP contribution in [0.4, 0.5) is 0 Å². The number of carbonyl (C=O) groups is 2. The maximum Gasteiger partial charge on any atom is 0.153 e. The maximum absolute atomic E-state index is 11.8. The van der Waals surface area contributed by atoms with Gasteiger partial charge in [0, 0.05) is 0 Å². The summed E-state index contributed by atoms with van der Waals surface area (Å²) in [5, 5.41) is 0. The quantitative estimate of drug-likeness (QED) is 0.0519. The zero-order valence-electron chi connectivity index (χ0n) is 32.0. The van der Waals surface area contributed by atoms with Crippen LogP contribution in [0, 0.1) is 0 Å². The van der Waals surface area contributed by atoms with Gasteiger partial charge in [-0.3, -0.25) is 9.59 Å². The average molecular weight is 671 g/mol. The molecule has 4 heteroatoms. The van der Waals surface area contributed by atoms with Gasteiger partial charge >= 0.3 is 0 Å². The fourth-order valence-corrected chi connectivity index (χ4v) is 6.69. The van der Waals surface area contributed by atoms with Gasteiger partial charge in [0.15, 0.2) is 12.6 Å².